The van der Waals surface area contributed by atoms with Crippen LogP contribution in [0.3, 0.4) is 0 Å². The van der Waals surface area contributed by atoms with E-state index in [0.717, 1.165) is 71.3 Å². The van der Waals surface area contributed by atoms with Crippen molar-refractivity contribution in [2.24, 2.45) is 4.99 Å². The molecule has 0 aliphatic carbocycles. The number of benzene rings is 1. The lowest BCUT2D eigenvalue weighted by atomic mass is 9.88. The summed E-state index contributed by atoms with van der Waals surface area (Å²) in [5.41, 5.74) is 1.58. The van der Waals surface area contributed by atoms with Crippen LogP contribution < -0.4 is 5.32 Å². The van der Waals surface area contributed by atoms with Crippen LogP contribution in [0.15, 0.2) is 35.3 Å². The van der Waals surface area contributed by atoms with Gasteiger partial charge >= 0.3 is 0 Å². The summed E-state index contributed by atoms with van der Waals surface area (Å²) in [6.45, 7) is 9.80. The Hall–Kier alpha value is -0.940. The van der Waals surface area contributed by atoms with Gasteiger partial charge in [-0.15, -0.1) is 24.0 Å². The molecule has 184 valence electrons. The van der Waals surface area contributed by atoms with Gasteiger partial charge in [0.25, 0.3) is 0 Å². The average molecular weight is 570 g/mol. The molecule has 5 rings (SSSR count). The summed E-state index contributed by atoms with van der Waals surface area (Å²) in [4.78, 5) is 12.4. The van der Waals surface area contributed by atoms with Crippen LogP contribution in [0.2, 0.25) is 0 Å². The Bertz CT molecular complexity index is 767. The van der Waals surface area contributed by atoms with E-state index in [1.165, 1.54) is 31.5 Å². The molecule has 33 heavy (non-hydrogen) atoms. The van der Waals surface area contributed by atoms with E-state index in [1.807, 2.05) is 7.05 Å². The van der Waals surface area contributed by atoms with Gasteiger partial charge in [-0.3, -0.25) is 14.8 Å². The van der Waals surface area contributed by atoms with Gasteiger partial charge in [0.2, 0.25) is 0 Å². The summed E-state index contributed by atoms with van der Waals surface area (Å²) < 4.78 is 11.9. The standard InChI is InChI=1S/C25H39N5O2.HI/c1-26-24(27-20-25(9-14-31-15-10-25)30-11-5-6-12-30)29-18-22-23(19-29)32-16-13-28(22)17-21-7-3-2-4-8-21;/h2-4,7-8,22-23H,5-6,9-20H2,1H3,(H,26,27);1H. The first kappa shape index (κ1) is 25.2. The average Bonchev–Trinajstić information content (AvgIpc) is 3.52. The number of hydrogen-bond acceptors (Lipinski definition) is 5. The monoisotopic (exact) mass is 569 g/mol. The second kappa shape index (κ2) is 11.7. The fraction of sp³-hybridized carbons (Fsp3) is 0.720. The van der Waals surface area contributed by atoms with Gasteiger partial charge in [-0.2, -0.15) is 0 Å². The Labute approximate surface area is 215 Å². The van der Waals surface area contributed by atoms with Gasteiger partial charge in [0.15, 0.2) is 5.96 Å². The van der Waals surface area contributed by atoms with E-state index in [1.54, 1.807) is 0 Å². The molecule has 4 aliphatic rings. The van der Waals surface area contributed by atoms with Crippen LogP contribution in [0.1, 0.15) is 31.2 Å². The number of aliphatic imine (C=N–C) groups is 1. The van der Waals surface area contributed by atoms with Crippen LogP contribution in [-0.2, 0) is 16.0 Å². The number of morpholine rings is 1. The molecule has 0 radical (unpaired) electrons. The van der Waals surface area contributed by atoms with Gasteiger partial charge in [0.1, 0.15) is 0 Å². The van der Waals surface area contributed by atoms with Gasteiger partial charge in [0, 0.05) is 58.5 Å². The van der Waals surface area contributed by atoms with Crippen LogP contribution in [0.4, 0.5) is 0 Å². The van der Waals surface area contributed by atoms with Crippen LogP contribution >= 0.6 is 24.0 Å². The molecule has 0 aromatic heterocycles. The number of ether oxygens (including phenoxy) is 2. The first-order valence-corrected chi connectivity index (χ1v) is 12.5. The molecule has 1 aromatic carbocycles. The molecule has 2 unspecified atom stereocenters. The molecule has 1 aromatic rings. The Morgan fingerprint density at radius 1 is 1.06 bits per heavy atom. The highest BCUT2D eigenvalue weighted by molar-refractivity contribution is 14.0. The third-order valence-electron chi connectivity index (χ3n) is 7.93. The van der Waals surface area contributed by atoms with E-state index < -0.39 is 0 Å². The highest BCUT2D eigenvalue weighted by Crippen LogP contribution is 2.31. The normalized spacial score (nSPS) is 28.4. The number of halogens is 1. The summed E-state index contributed by atoms with van der Waals surface area (Å²) >= 11 is 0. The number of nitrogens with one attached hydrogen (secondary N) is 1. The number of fused-ring (bicyclic) bond motifs is 1. The maximum absolute atomic E-state index is 6.20. The van der Waals surface area contributed by atoms with E-state index >= 15 is 0 Å². The highest BCUT2D eigenvalue weighted by Gasteiger charge is 2.43. The zero-order chi connectivity index (χ0) is 21.8. The summed E-state index contributed by atoms with van der Waals surface area (Å²) in [7, 11) is 1.92. The number of nitrogens with zero attached hydrogens (tertiary/aromatic N) is 4. The SMILES string of the molecule is CN=C(NCC1(N2CCCC2)CCOCC1)N1CC2OCCN(Cc3ccccc3)C2C1.I. The smallest absolute Gasteiger partial charge is 0.193 e. The minimum atomic E-state index is 0. The minimum Gasteiger partial charge on any atom is -0.381 e. The molecule has 2 atom stereocenters. The minimum absolute atomic E-state index is 0. The second-order valence-corrected chi connectivity index (χ2v) is 9.77. The van der Waals surface area contributed by atoms with Crippen molar-refractivity contribution in [3.63, 3.8) is 0 Å². The zero-order valence-electron chi connectivity index (χ0n) is 20.0. The fourth-order valence-electron chi connectivity index (χ4n) is 6.07. The lowest BCUT2D eigenvalue weighted by molar-refractivity contribution is -0.0502. The van der Waals surface area contributed by atoms with Crippen molar-refractivity contribution in [2.75, 3.05) is 66.1 Å². The Kier molecular flexibility index (Phi) is 8.89. The van der Waals surface area contributed by atoms with E-state index in [4.69, 9.17) is 9.47 Å². The van der Waals surface area contributed by atoms with Crippen molar-refractivity contribution in [2.45, 2.75) is 49.9 Å². The van der Waals surface area contributed by atoms with E-state index in [0.29, 0.717) is 6.04 Å². The zero-order valence-corrected chi connectivity index (χ0v) is 22.3. The highest BCUT2D eigenvalue weighted by atomic mass is 127. The van der Waals surface area contributed by atoms with Crippen molar-refractivity contribution in [3.8, 4) is 0 Å². The lowest BCUT2D eigenvalue weighted by Gasteiger charge is -2.45. The fourth-order valence-corrected chi connectivity index (χ4v) is 6.07. The molecule has 0 bridgehead atoms. The number of guanidine groups is 1. The van der Waals surface area contributed by atoms with E-state index in [-0.39, 0.29) is 35.6 Å². The molecule has 0 saturated carbocycles. The van der Waals surface area contributed by atoms with E-state index in [2.05, 4.69) is 55.3 Å². The molecule has 1 N–H and O–H groups in total. The second-order valence-electron chi connectivity index (χ2n) is 9.77. The molecule has 0 amide bonds. The Morgan fingerprint density at radius 3 is 2.55 bits per heavy atom. The van der Waals surface area contributed by atoms with Crippen molar-refractivity contribution in [3.05, 3.63) is 35.9 Å². The number of hydrogen-bond donors (Lipinski definition) is 1. The Balaban J connectivity index is 0.00000259. The molecule has 8 heteroatoms. The number of rotatable bonds is 5. The molecular formula is C25H40IN5O2. The van der Waals surface area contributed by atoms with Crippen LogP contribution in [0, 0.1) is 0 Å². The van der Waals surface area contributed by atoms with Gasteiger partial charge < -0.3 is 19.7 Å². The van der Waals surface area contributed by atoms with Gasteiger partial charge in [-0.1, -0.05) is 30.3 Å². The van der Waals surface area contributed by atoms with Crippen LogP contribution in [0.5, 0.6) is 0 Å². The topological polar surface area (TPSA) is 52.6 Å². The summed E-state index contributed by atoms with van der Waals surface area (Å²) in [5.74, 6) is 1.02. The first-order valence-electron chi connectivity index (χ1n) is 12.5. The van der Waals surface area contributed by atoms with Crippen molar-refractivity contribution < 1.29 is 9.47 Å². The molecule has 4 heterocycles. The third kappa shape index (κ3) is 5.66. The number of likely N-dealkylation sites (tertiary alicyclic amines) is 2. The van der Waals surface area contributed by atoms with Gasteiger partial charge in [-0.05, 0) is 44.3 Å². The maximum atomic E-state index is 6.20. The maximum Gasteiger partial charge on any atom is 0.193 e. The molecular weight excluding hydrogens is 529 g/mol. The Morgan fingerprint density at radius 2 is 1.82 bits per heavy atom. The molecule has 4 fully saturated rings. The molecule has 0 spiro atoms. The van der Waals surface area contributed by atoms with Gasteiger partial charge in [0.05, 0.1) is 18.8 Å². The van der Waals surface area contributed by atoms with Gasteiger partial charge in [-0.25, -0.2) is 0 Å². The van der Waals surface area contributed by atoms with Crippen molar-refractivity contribution in [1.29, 1.82) is 0 Å². The molecule has 4 aliphatic heterocycles. The third-order valence-corrected chi connectivity index (χ3v) is 7.93. The van der Waals surface area contributed by atoms with Crippen LogP contribution in [0.25, 0.3) is 0 Å². The quantitative estimate of drug-likeness (QED) is 0.334. The molecule has 4 saturated heterocycles. The summed E-state index contributed by atoms with van der Waals surface area (Å²) in [6.07, 6.45) is 5.11. The predicted octanol–water partition coefficient (Wildman–Crippen LogP) is 2.41. The summed E-state index contributed by atoms with van der Waals surface area (Å²) in [5, 5.41) is 3.78. The predicted molar refractivity (Wildman–Crippen MR) is 142 cm³/mol. The molecule has 7 nitrogen and oxygen atoms in total. The van der Waals surface area contributed by atoms with Crippen molar-refractivity contribution in [1.82, 2.24) is 20.0 Å². The first-order chi connectivity index (χ1) is 15.8. The largest absolute Gasteiger partial charge is 0.381 e. The van der Waals surface area contributed by atoms with Crippen molar-refractivity contribution >= 4 is 29.9 Å². The van der Waals surface area contributed by atoms with E-state index in [9.17, 15) is 0 Å². The summed E-state index contributed by atoms with van der Waals surface area (Å²) in [6, 6.07) is 11.2. The van der Waals surface area contributed by atoms with Crippen LogP contribution in [-0.4, -0.2) is 104 Å². The lowest BCUT2D eigenvalue weighted by Crippen LogP contribution is -2.59.